The van der Waals surface area contributed by atoms with Gasteiger partial charge in [0, 0.05) is 18.7 Å². The molecule has 0 spiro atoms. The van der Waals surface area contributed by atoms with Gasteiger partial charge in [-0.15, -0.1) is 0 Å². The normalized spacial score (nSPS) is 11.2. The minimum atomic E-state index is -4.51. The van der Waals surface area contributed by atoms with Crippen LogP contribution in [-0.4, -0.2) is 14.3 Å². The smallest absolute Gasteiger partial charge is 0.262 e. The summed E-state index contributed by atoms with van der Waals surface area (Å²) in [4.78, 5) is 10.4. The van der Waals surface area contributed by atoms with Gasteiger partial charge >= 0.3 is 0 Å². The molecule has 5 nitrogen and oxygen atoms in total. The zero-order valence-corrected chi connectivity index (χ0v) is 12.8. The lowest BCUT2D eigenvalue weighted by molar-refractivity contribution is -0.114. The molecule has 2 aromatic carbocycles. The van der Waals surface area contributed by atoms with Gasteiger partial charge in [0.05, 0.1) is 4.90 Å². The topological polar surface area (TPSA) is 75.3 Å². The Balaban J connectivity index is 2.37. The first kappa shape index (κ1) is 17.7. The highest BCUT2D eigenvalue weighted by molar-refractivity contribution is 7.92. The van der Waals surface area contributed by atoms with E-state index in [0.29, 0.717) is 0 Å². The van der Waals surface area contributed by atoms with Gasteiger partial charge in [0.25, 0.3) is 10.0 Å². The highest BCUT2D eigenvalue weighted by Gasteiger charge is 2.24. The molecule has 0 fully saturated rings. The maximum Gasteiger partial charge on any atom is 0.262 e. The van der Waals surface area contributed by atoms with E-state index in [0.717, 1.165) is 12.1 Å². The van der Waals surface area contributed by atoms with Crippen molar-refractivity contribution >= 4 is 27.3 Å². The van der Waals surface area contributed by atoms with Gasteiger partial charge in [0.2, 0.25) is 5.91 Å². The van der Waals surface area contributed by atoms with Gasteiger partial charge in [0.15, 0.2) is 23.3 Å². The maximum absolute atomic E-state index is 13.5. The summed E-state index contributed by atoms with van der Waals surface area (Å²) in [6.07, 6.45) is 0. The van der Waals surface area contributed by atoms with E-state index in [1.165, 1.54) is 23.8 Å². The Morgan fingerprint density at radius 1 is 0.958 bits per heavy atom. The molecule has 24 heavy (non-hydrogen) atoms. The summed E-state index contributed by atoms with van der Waals surface area (Å²) in [5.74, 6) is -7.61. The molecule has 0 atom stereocenters. The van der Waals surface area contributed by atoms with Crippen LogP contribution in [-0.2, 0) is 14.8 Å². The first-order chi connectivity index (χ1) is 11.1. The van der Waals surface area contributed by atoms with Gasteiger partial charge in [-0.2, -0.15) is 0 Å². The van der Waals surface area contributed by atoms with Crippen LogP contribution in [0.15, 0.2) is 35.2 Å². The lowest BCUT2D eigenvalue weighted by atomic mass is 10.3. The summed E-state index contributed by atoms with van der Waals surface area (Å²) in [6.45, 7) is 1.25. The third-order valence-corrected chi connectivity index (χ3v) is 4.20. The molecule has 0 aliphatic heterocycles. The van der Waals surface area contributed by atoms with E-state index in [-0.39, 0.29) is 17.7 Å². The molecule has 10 heteroatoms. The van der Waals surface area contributed by atoms with Crippen LogP contribution in [0.25, 0.3) is 0 Å². The summed E-state index contributed by atoms with van der Waals surface area (Å²) in [7, 11) is -4.51. The molecule has 2 aromatic rings. The molecule has 0 aromatic heterocycles. The molecule has 0 aliphatic rings. The second-order valence-corrected chi connectivity index (χ2v) is 6.34. The fourth-order valence-corrected chi connectivity index (χ4v) is 2.84. The Hall–Kier alpha value is -2.62. The van der Waals surface area contributed by atoms with Gasteiger partial charge < -0.3 is 5.32 Å². The molecule has 0 bridgehead atoms. The molecule has 0 saturated carbocycles. The van der Waals surface area contributed by atoms with Crippen molar-refractivity contribution in [2.24, 2.45) is 0 Å². The molecule has 128 valence electrons. The molecule has 2 rings (SSSR count). The summed E-state index contributed by atoms with van der Waals surface area (Å²) >= 11 is 0. The zero-order valence-electron chi connectivity index (χ0n) is 12.0. The highest BCUT2D eigenvalue weighted by atomic mass is 32.2. The number of carbonyl (C=O) groups excluding carboxylic acids is 1. The molecule has 0 heterocycles. The van der Waals surface area contributed by atoms with Gasteiger partial charge in [-0.25, -0.2) is 26.0 Å². The summed E-state index contributed by atoms with van der Waals surface area (Å²) in [5.41, 5.74) is -1.17. The number of nitrogens with one attached hydrogen (secondary N) is 2. The van der Waals surface area contributed by atoms with Crippen molar-refractivity contribution in [3.8, 4) is 0 Å². The van der Waals surface area contributed by atoms with Gasteiger partial charge in [-0.05, 0) is 24.3 Å². The lowest BCUT2D eigenvalue weighted by Gasteiger charge is -2.11. The first-order valence-electron chi connectivity index (χ1n) is 6.35. The lowest BCUT2D eigenvalue weighted by Crippen LogP contribution is -2.16. The standard InChI is InChI=1S/C14H10F4N2O3S/c1-7(21)19-8-2-4-9(5-3-8)24(22,23)20-14-12(17)10(15)6-11(16)13(14)18/h2-6,20H,1H3,(H,19,21). The number of hydrogen-bond acceptors (Lipinski definition) is 3. The quantitative estimate of drug-likeness (QED) is 0.649. The van der Waals surface area contributed by atoms with E-state index < -0.39 is 43.9 Å². The van der Waals surface area contributed by atoms with E-state index in [4.69, 9.17) is 0 Å². The van der Waals surface area contributed by atoms with E-state index >= 15 is 0 Å². The van der Waals surface area contributed by atoms with Crippen molar-refractivity contribution in [1.29, 1.82) is 0 Å². The second kappa shape index (κ2) is 6.48. The maximum atomic E-state index is 13.5. The fourth-order valence-electron chi connectivity index (χ4n) is 1.78. The average molecular weight is 362 g/mol. The van der Waals surface area contributed by atoms with Gasteiger partial charge in [0.1, 0.15) is 5.69 Å². The van der Waals surface area contributed by atoms with Crippen LogP contribution in [0, 0.1) is 23.3 Å². The van der Waals surface area contributed by atoms with Crippen molar-refractivity contribution < 1.29 is 30.8 Å². The monoisotopic (exact) mass is 362 g/mol. The van der Waals surface area contributed by atoms with Gasteiger partial charge in [-0.3, -0.25) is 9.52 Å². The third kappa shape index (κ3) is 3.65. The number of carbonyl (C=O) groups is 1. The van der Waals surface area contributed by atoms with E-state index in [1.807, 2.05) is 0 Å². The number of halogens is 4. The minimum absolute atomic E-state index is 0.0370. The van der Waals surface area contributed by atoms with Crippen molar-refractivity contribution in [2.45, 2.75) is 11.8 Å². The molecule has 0 aliphatic carbocycles. The Morgan fingerprint density at radius 3 is 1.92 bits per heavy atom. The van der Waals surface area contributed by atoms with Crippen molar-refractivity contribution in [3.05, 3.63) is 53.6 Å². The Bertz CT molecular complexity index is 873. The SMILES string of the molecule is CC(=O)Nc1ccc(S(=O)(=O)Nc2c(F)c(F)cc(F)c2F)cc1. The first-order valence-corrected chi connectivity index (χ1v) is 7.83. The molecule has 1 amide bonds. The summed E-state index contributed by atoms with van der Waals surface area (Å²) < 4.78 is 78.9. The van der Waals surface area contributed by atoms with Crippen molar-refractivity contribution in [3.63, 3.8) is 0 Å². The fraction of sp³-hybridized carbons (Fsp3) is 0.0714. The summed E-state index contributed by atoms with van der Waals surface area (Å²) in [6, 6.07) is 4.51. The van der Waals surface area contributed by atoms with Crippen LogP contribution >= 0.6 is 0 Å². The van der Waals surface area contributed by atoms with Gasteiger partial charge in [-0.1, -0.05) is 0 Å². The molecule has 0 saturated heterocycles. The van der Waals surface area contributed by atoms with E-state index in [1.54, 1.807) is 0 Å². The molecular formula is C14H10F4N2O3S. The highest BCUT2D eigenvalue weighted by Crippen LogP contribution is 2.27. The van der Waals surface area contributed by atoms with Crippen LogP contribution in [0.1, 0.15) is 6.92 Å². The molecular weight excluding hydrogens is 352 g/mol. The number of hydrogen-bond donors (Lipinski definition) is 2. The average Bonchev–Trinajstić information content (AvgIpc) is 2.49. The largest absolute Gasteiger partial charge is 0.326 e. The number of benzene rings is 2. The predicted octanol–water partition coefficient (Wildman–Crippen LogP) is 3.00. The Labute approximate surface area is 134 Å². The van der Waals surface area contributed by atoms with E-state index in [9.17, 15) is 30.8 Å². The molecule has 2 N–H and O–H groups in total. The van der Waals surface area contributed by atoms with Crippen LogP contribution in [0.3, 0.4) is 0 Å². The molecule has 0 unspecified atom stereocenters. The summed E-state index contributed by atoms with van der Waals surface area (Å²) in [5, 5.41) is 2.39. The number of rotatable bonds is 4. The minimum Gasteiger partial charge on any atom is -0.326 e. The third-order valence-electron chi connectivity index (χ3n) is 2.83. The Kier molecular flexibility index (Phi) is 4.78. The number of sulfonamides is 1. The number of amides is 1. The second-order valence-electron chi connectivity index (χ2n) is 4.65. The molecule has 0 radical (unpaired) electrons. The van der Waals surface area contributed by atoms with E-state index in [2.05, 4.69) is 5.32 Å². The van der Waals surface area contributed by atoms with Crippen molar-refractivity contribution in [2.75, 3.05) is 10.0 Å². The Morgan fingerprint density at radius 2 is 1.46 bits per heavy atom. The van der Waals surface area contributed by atoms with Crippen LogP contribution in [0.2, 0.25) is 0 Å². The van der Waals surface area contributed by atoms with Crippen LogP contribution in [0.4, 0.5) is 28.9 Å². The number of anilines is 2. The zero-order chi connectivity index (χ0) is 18.1. The van der Waals surface area contributed by atoms with Crippen molar-refractivity contribution in [1.82, 2.24) is 0 Å². The predicted molar refractivity (Wildman–Crippen MR) is 77.8 cm³/mol. The van der Waals surface area contributed by atoms with Crippen LogP contribution < -0.4 is 10.0 Å². The van der Waals surface area contributed by atoms with Crippen LogP contribution in [0.5, 0.6) is 0 Å².